The second-order valence-corrected chi connectivity index (χ2v) is 5.64. The fourth-order valence-electron chi connectivity index (χ4n) is 3.12. The highest BCUT2D eigenvalue weighted by atomic mass is 16.4. The summed E-state index contributed by atoms with van der Waals surface area (Å²) in [7, 11) is 0. The van der Waals surface area contributed by atoms with Gasteiger partial charge in [0.25, 0.3) is 0 Å². The molecule has 112 valence electrons. The van der Waals surface area contributed by atoms with Gasteiger partial charge in [0.2, 0.25) is 5.91 Å². The lowest BCUT2D eigenvalue weighted by Gasteiger charge is -2.30. The van der Waals surface area contributed by atoms with Crippen molar-refractivity contribution in [2.24, 2.45) is 0 Å². The number of fused-ring (bicyclic) bond motifs is 1. The molecule has 1 aromatic rings. The number of carboxylic acids is 1. The number of amides is 1. The Balaban J connectivity index is 1.76. The van der Waals surface area contributed by atoms with Crippen LogP contribution < -0.4 is 5.32 Å². The number of β-amino-alcohol motifs (C(OH)–C–C–N with tert-alkyl or cyclic N) is 1. The van der Waals surface area contributed by atoms with Crippen molar-refractivity contribution in [2.45, 2.75) is 37.6 Å². The van der Waals surface area contributed by atoms with Gasteiger partial charge in [0, 0.05) is 19.5 Å². The van der Waals surface area contributed by atoms with E-state index >= 15 is 0 Å². The fourth-order valence-corrected chi connectivity index (χ4v) is 3.12. The van der Waals surface area contributed by atoms with Crippen LogP contribution in [0.1, 0.15) is 17.5 Å². The van der Waals surface area contributed by atoms with E-state index in [2.05, 4.69) is 5.32 Å². The van der Waals surface area contributed by atoms with E-state index in [1.807, 2.05) is 24.3 Å². The molecule has 0 aliphatic carbocycles. The summed E-state index contributed by atoms with van der Waals surface area (Å²) >= 11 is 0. The number of carbonyl (C=O) groups is 2. The highest BCUT2D eigenvalue weighted by Gasteiger charge is 2.41. The van der Waals surface area contributed by atoms with Crippen LogP contribution in [0.5, 0.6) is 0 Å². The van der Waals surface area contributed by atoms with Gasteiger partial charge < -0.3 is 20.4 Å². The summed E-state index contributed by atoms with van der Waals surface area (Å²) in [5.74, 6) is -1.30. The molecule has 2 aliphatic heterocycles. The summed E-state index contributed by atoms with van der Waals surface area (Å²) in [6.07, 6.45) is -0.107. The Morgan fingerprint density at radius 3 is 2.67 bits per heavy atom. The molecule has 6 heteroatoms. The molecule has 1 fully saturated rings. The number of carbonyl (C=O) groups excluding carboxylic acids is 1. The van der Waals surface area contributed by atoms with Crippen molar-refractivity contribution in [1.82, 2.24) is 10.2 Å². The maximum absolute atomic E-state index is 12.6. The molecule has 0 bridgehead atoms. The van der Waals surface area contributed by atoms with Gasteiger partial charge >= 0.3 is 5.97 Å². The van der Waals surface area contributed by atoms with Crippen molar-refractivity contribution < 1.29 is 19.8 Å². The quantitative estimate of drug-likeness (QED) is 0.699. The average Bonchev–Trinajstić information content (AvgIpc) is 2.88. The van der Waals surface area contributed by atoms with Crippen LogP contribution >= 0.6 is 0 Å². The molecule has 0 spiro atoms. The molecule has 0 aromatic heterocycles. The SMILES string of the molecule is O=C(O)[C@@H]1C[C@@H](O)CN1C(=O)C1Cc2ccccc2CN1. The number of benzene rings is 1. The monoisotopic (exact) mass is 290 g/mol. The van der Waals surface area contributed by atoms with E-state index in [1.54, 1.807) is 0 Å². The standard InChI is InChI=1S/C15H18N2O4/c18-11-6-13(15(20)21)17(8-11)14(19)12-5-9-3-1-2-4-10(9)7-16-12/h1-4,11-13,16,18H,5-8H2,(H,20,21)/t11-,12?,13+/m1/s1. The predicted octanol–water partition coefficient (Wildman–Crippen LogP) is -0.253. The summed E-state index contributed by atoms with van der Waals surface area (Å²) < 4.78 is 0. The number of hydrogen-bond donors (Lipinski definition) is 3. The lowest BCUT2D eigenvalue weighted by Crippen LogP contribution is -2.52. The van der Waals surface area contributed by atoms with Crippen molar-refractivity contribution in [2.75, 3.05) is 6.54 Å². The summed E-state index contributed by atoms with van der Waals surface area (Å²) in [6, 6.07) is 6.55. The first-order valence-electron chi connectivity index (χ1n) is 7.08. The minimum Gasteiger partial charge on any atom is -0.480 e. The molecule has 1 aromatic carbocycles. The van der Waals surface area contributed by atoms with Gasteiger partial charge in [-0.05, 0) is 17.5 Å². The molecule has 0 radical (unpaired) electrons. The van der Waals surface area contributed by atoms with Crippen molar-refractivity contribution in [3.8, 4) is 0 Å². The van der Waals surface area contributed by atoms with E-state index in [-0.39, 0.29) is 18.9 Å². The zero-order chi connectivity index (χ0) is 15.0. The Morgan fingerprint density at radius 1 is 1.24 bits per heavy atom. The molecule has 3 rings (SSSR count). The van der Waals surface area contributed by atoms with Gasteiger partial charge in [0.1, 0.15) is 6.04 Å². The molecule has 0 saturated carbocycles. The van der Waals surface area contributed by atoms with Crippen molar-refractivity contribution in [1.29, 1.82) is 0 Å². The molecule has 1 amide bonds. The number of carboxylic acid groups (broad SMARTS) is 1. The first-order chi connectivity index (χ1) is 10.1. The smallest absolute Gasteiger partial charge is 0.326 e. The summed E-state index contributed by atoms with van der Waals surface area (Å²) in [5.41, 5.74) is 2.28. The van der Waals surface area contributed by atoms with E-state index in [4.69, 9.17) is 0 Å². The lowest BCUT2D eigenvalue weighted by molar-refractivity contribution is -0.149. The number of rotatable bonds is 2. The normalized spacial score (nSPS) is 28.2. The van der Waals surface area contributed by atoms with Gasteiger partial charge in [-0.15, -0.1) is 0 Å². The van der Waals surface area contributed by atoms with Crippen LogP contribution in [0.4, 0.5) is 0 Å². The van der Waals surface area contributed by atoms with Gasteiger partial charge in [-0.2, -0.15) is 0 Å². The van der Waals surface area contributed by atoms with Crippen LogP contribution in [0, 0.1) is 0 Å². The molecule has 3 N–H and O–H groups in total. The van der Waals surface area contributed by atoms with Crippen LogP contribution in [0.2, 0.25) is 0 Å². The molecule has 2 aliphatic rings. The van der Waals surface area contributed by atoms with Crippen molar-refractivity contribution in [3.63, 3.8) is 0 Å². The maximum Gasteiger partial charge on any atom is 0.326 e. The van der Waals surface area contributed by atoms with E-state index in [0.29, 0.717) is 13.0 Å². The van der Waals surface area contributed by atoms with Crippen LogP contribution in [0.15, 0.2) is 24.3 Å². The second-order valence-electron chi connectivity index (χ2n) is 5.64. The number of likely N-dealkylation sites (tertiary alicyclic amines) is 1. The van der Waals surface area contributed by atoms with Gasteiger partial charge in [0.15, 0.2) is 0 Å². The van der Waals surface area contributed by atoms with Crippen LogP contribution in [-0.2, 0) is 22.6 Å². The zero-order valence-corrected chi connectivity index (χ0v) is 11.5. The average molecular weight is 290 g/mol. The van der Waals surface area contributed by atoms with Crippen molar-refractivity contribution >= 4 is 11.9 Å². The van der Waals surface area contributed by atoms with Crippen LogP contribution in [-0.4, -0.2) is 51.7 Å². The summed E-state index contributed by atoms with van der Waals surface area (Å²) in [6.45, 7) is 0.691. The summed E-state index contributed by atoms with van der Waals surface area (Å²) in [5, 5.41) is 22.0. The van der Waals surface area contributed by atoms with E-state index in [9.17, 15) is 19.8 Å². The third-order valence-electron chi connectivity index (χ3n) is 4.23. The number of hydrogen-bond acceptors (Lipinski definition) is 4. The third kappa shape index (κ3) is 2.64. The highest BCUT2D eigenvalue weighted by Crippen LogP contribution is 2.22. The Bertz CT molecular complexity index is 575. The lowest BCUT2D eigenvalue weighted by atomic mass is 9.95. The number of nitrogens with zero attached hydrogens (tertiary/aromatic N) is 1. The van der Waals surface area contributed by atoms with Gasteiger partial charge in [-0.25, -0.2) is 4.79 Å². The van der Waals surface area contributed by atoms with Crippen molar-refractivity contribution in [3.05, 3.63) is 35.4 Å². The molecular formula is C15H18N2O4. The van der Waals surface area contributed by atoms with E-state index in [0.717, 1.165) is 11.1 Å². The minimum absolute atomic E-state index is 0.0929. The zero-order valence-electron chi connectivity index (χ0n) is 11.5. The maximum atomic E-state index is 12.6. The first-order valence-corrected chi connectivity index (χ1v) is 7.08. The predicted molar refractivity (Wildman–Crippen MR) is 74.5 cm³/mol. The Labute approximate surface area is 122 Å². The molecule has 3 atom stereocenters. The minimum atomic E-state index is -1.06. The van der Waals surface area contributed by atoms with Crippen LogP contribution in [0.3, 0.4) is 0 Å². The molecular weight excluding hydrogens is 272 g/mol. The van der Waals surface area contributed by atoms with Crippen LogP contribution in [0.25, 0.3) is 0 Å². The number of aliphatic carboxylic acids is 1. The van der Waals surface area contributed by atoms with Gasteiger partial charge in [0.05, 0.1) is 12.1 Å². The topological polar surface area (TPSA) is 89.9 Å². The number of aliphatic hydroxyl groups is 1. The number of aliphatic hydroxyl groups excluding tert-OH is 1. The van der Waals surface area contributed by atoms with Gasteiger partial charge in [-0.3, -0.25) is 4.79 Å². The Hall–Kier alpha value is -1.92. The molecule has 1 unspecified atom stereocenters. The molecule has 1 saturated heterocycles. The first kappa shape index (κ1) is 14.0. The summed E-state index contributed by atoms with van der Waals surface area (Å²) in [4.78, 5) is 25.1. The Morgan fingerprint density at radius 2 is 1.95 bits per heavy atom. The van der Waals surface area contributed by atoms with E-state index < -0.39 is 24.2 Å². The largest absolute Gasteiger partial charge is 0.480 e. The molecule has 2 heterocycles. The highest BCUT2D eigenvalue weighted by molar-refractivity contribution is 5.88. The third-order valence-corrected chi connectivity index (χ3v) is 4.23. The molecule has 6 nitrogen and oxygen atoms in total. The number of nitrogens with one attached hydrogen (secondary N) is 1. The second kappa shape index (κ2) is 5.46. The van der Waals surface area contributed by atoms with Gasteiger partial charge in [-0.1, -0.05) is 24.3 Å². The fraction of sp³-hybridized carbons (Fsp3) is 0.467. The molecule has 21 heavy (non-hydrogen) atoms. The Kier molecular flexibility index (Phi) is 3.65. The van der Waals surface area contributed by atoms with E-state index in [1.165, 1.54) is 4.90 Å².